The van der Waals surface area contributed by atoms with Gasteiger partial charge in [-0.25, -0.2) is 13.1 Å². The van der Waals surface area contributed by atoms with E-state index in [4.69, 9.17) is 10.2 Å². The zero-order chi connectivity index (χ0) is 15.2. The summed E-state index contributed by atoms with van der Waals surface area (Å²) in [6, 6.07) is 5.74. The minimum Gasteiger partial charge on any atom is -0.481 e. The van der Waals surface area contributed by atoms with Gasteiger partial charge < -0.3 is 10.2 Å². The number of carbonyl (C=O) groups is 1. The minimum absolute atomic E-state index is 0.101. The fraction of sp³-hybridized carbons (Fsp3) is 0.462. The Morgan fingerprint density at radius 2 is 1.90 bits per heavy atom. The number of hydrogen-bond donors (Lipinski definition) is 3. The molecular weight excluding hydrogens is 282 g/mol. The molecule has 0 amide bonds. The summed E-state index contributed by atoms with van der Waals surface area (Å²) >= 11 is 0. The molecule has 3 N–H and O–H groups in total. The van der Waals surface area contributed by atoms with Gasteiger partial charge in [-0.2, -0.15) is 0 Å². The summed E-state index contributed by atoms with van der Waals surface area (Å²) < 4.78 is 26.3. The number of nitrogens with one attached hydrogen (secondary N) is 1. The van der Waals surface area contributed by atoms with E-state index in [-0.39, 0.29) is 17.9 Å². The van der Waals surface area contributed by atoms with Crippen LogP contribution in [0.4, 0.5) is 0 Å². The second-order valence-corrected chi connectivity index (χ2v) is 6.37. The first-order chi connectivity index (χ1) is 9.31. The highest BCUT2D eigenvalue weighted by atomic mass is 32.2. The molecule has 1 aromatic carbocycles. The van der Waals surface area contributed by atoms with Crippen LogP contribution in [0.15, 0.2) is 29.2 Å². The molecule has 1 unspecified atom stereocenters. The topological polar surface area (TPSA) is 104 Å². The van der Waals surface area contributed by atoms with Crippen LogP contribution in [0.5, 0.6) is 0 Å². The molecule has 0 bridgehead atoms. The van der Waals surface area contributed by atoms with Crippen LogP contribution in [0.2, 0.25) is 0 Å². The van der Waals surface area contributed by atoms with Crippen LogP contribution in [0.1, 0.15) is 25.3 Å². The van der Waals surface area contributed by atoms with E-state index in [0.717, 1.165) is 0 Å². The van der Waals surface area contributed by atoms with Gasteiger partial charge in [0.2, 0.25) is 10.0 Å². The highest BCUT2D eigenvalue weighted by Gasteiger charge is 2.13. The molecule has 0 fully saturated rings. The summed E-state index contributed by atoms with van der Waals surface area (Å²) in [4.78, 5) is 10.6. The van der Waals surface area contributed by atoms with E-state index in [2.05, 4.69) is 4.72 Å². The summed E-state index contributed by atoms with van der Waals surface area (Å²) in [6.45, 7) is 1.90. The number of rotatable bonds is 8. The fourth-order valence-corrected chi connectivity index (χ4v) is 2.72. The summed E-state index contributed by atoms with van der Waals surface area (Å²) in [6.07, 6.45) is 0.491. The Morgan fingerprint density at radius 3 is 2.40 bits per heavy atom. The number of aliphatic carboxylic acids is 1. The minimum atomic E-state index is -3.58. The molecule has 0 aromatic heterocycles. The molecule has 0 heterocycles. The van der Waals surface area contributed by atoms with Crippen LogP contribution in [0.3, 0.4) is 0 Å². The number of carboxylic acids is 1. The fourth-order valence-electron chi connectivity index (χ4n) is 1.65. The van der Waals surface area contributed by atoms with E-state index in [1.165, 1.54) is 24.3 Å². The summed E-state index contributed by atoms with van der Waals surface area (Å²) in [5, 5.41) is 17.7. The van der Waals surface area contributed by atoms with Crippen molar-refractivity contribution in [1.29, 1.82) is 0 Å². The third-order valence-electron chi connectivity index (χ3n) is 2.68. The van der Waals surface area contributed by atoms with Gasteiger partial charge in [-0.3, -0.25) is 4.79 Å². The molecule has 0 saturated heterocycles. The van der Waals surface area contributed by atoms with Crippen molar-refractivity contribution in [2.45, 2.75) is 37.2 Å². The molecule has 0 saturated carbocycles. The summed E-state index contributed by atoms with van der Waals surface area (Å²) in [5.41, 5.74) is 0.547. The third-order valence-corrected chi connectivity index (χ3v) is 4.16. The molecule has 0 aliphatic heterocycles. The number of aliphatic hydroxyl groups excluding tert-OH is 1. The first-order valence-electron chi connectivity index (χ1n) is 6.30. The maximum absolute atomic E-state index is 11.9. The zero-order valence-electron chi connectivity index (χ0n) is 11.2. The lowest BCUT2D eigenvalue weighted by atomic mass is 10.2. The molecule has 0 aliphatic rings. The van der Waals surface area contributed by atoms with E-state index in [9.17, 15) is 13.2 Å². The second kappa shape index (κ2) is 7.37. The van der Waals surface area contributed by atoms with Crippen molar-refractivity contribution in [2.24, 2.45) is 0 Å². The monoisotopic (exact) mass is 301 g/mol. The van der Waals surface area contributed by atoms with E-state index in [1.54, 1.807) is 6.92 Å². The Hall–Kier alpha value is -1.44. The lowest BCUT2D eigenvalue weighted by Gasteiger charge is -2.08. The molecule has 1 atom stereocenters. The van der Waals surface area contributed by atoms with Crippen LogP contribution in [-0.2, 0) is 21.2 Å². The number of aliphatic hydroxyl groups is 1. The van der Waals surface area contributed by atoms with Crippen molar-refractivity contribution in [3.05, 3.63) is 29.8 Å². The van der Waals surface area contributed by atoms with E-state index in [1.807, 2.05) is 0 Å². The second-order valence-electron chi connectivity index (χ2n) is 4.60. The lowest BCUT2D eigenvalue weighted by molar-refractivity contribution is -0.136. The van der Waals surface area contributed by atoms with Crippen molar-refractivity contribution in [2.75, 3.05) is 6.54 Å². The summed E-state index contributed by atoms with van der Waals surface area (Å²) in [7, 11) is -3.58. The summed E-state index contributed by atoms with van der Waals surface area (Å²) in [5.74, 6) is -0.961. The molecule has 0 spiro atoms. The lowest BCUT2D eigenvalue weighted by Crippen LogP contribution is -2.25. The third kappa shape index (κ3) is 5.68. The first-order valence-corrected chi connectivity index (χ1v) is 7.78. The Labute approximate surface area is 118 Å². The van der Waals surface area contributed by atoms with Gasteiger partial charge in [0, 0.05) is 6.54 Å². The molecule has 20 heavy (non-hydrogen) atoms. The van der Waals surface area contributed by atoms with E-state index < -0.39 is 22.1 Å². The molecule has 0 radical (unpaired) electrons. The Kier molecular flexibility index (Phi) is 6.12. The van der Waals surface area contributed by atoms with Crippen molar-refractivity contribution < 1.29 is 23.4 Å². The number of benzene rings is 1. The molecule has 1 aromatic rings. The molecular formula is C13H19NO5S. The van der Waals surface area contributed by atoms with Gasteiger partial charge in [-0.15, -0.1) is 0 Å². The SMILES string of the molecule is CC(O)CCCNS(=O)(=O)c1ccc(CC(=O)O)cc1. The molecule has 112 valence electrons. The van der Waals surface area contributed by atoms with Gasteiger partial charge in [0.05, 0.1) is 17.4 Å². The Bertz CT molecular complexity index is 536. The quantitative estimate of drug-likeness (QED) is 0.615. The number of carboxylic acid groups (broad SMARTS) is 1. The molecule has 7 heteroatoms. The van der Waals surface area contributed by atoms with Crippen LogP contribution >= 0.6 is 0 Å². The maximum Gasteiger partial charge on any atom is 0.307 e. The predicted molar refractivity (Wildman–Crippen MR) is 73.9 cm³/mol. The average molecular weight is 301 g/mol. The van der Waals surface area contributed by atoms with Crippen molar-refractivity contribution >= 4 is 16.0 Å². The highest BCUT2D eigenvalue weighted by molar-refractivity contribution is 7.89. The van der Waals surface area contributed by atoms with Crippen LogP contribution < -0.4 is 4.72 Å². The Balaban J connectivity index is 2.61. The van der Waals surface area contributed by atoms with Gasteiger partial charge in [-0.05, 0) is 37.5 Å². The van der Waals surface area contributed by atoms with Gasteiger partial charge >= 0.3 is 5.97 Å². The smallest absolute Gasteiger partial charge is 0.307 e. The van der Waals surface area contributed by atoms with Gasteiger partial charge in [0.15, 0.2) is 0 Å². The van der Waals surface area contributed by atoms with E-state index >= 15 is 0 Å². The largest absolute Gasteiger partial charge is 0.481 e. The Morgan fingerprint density at radius 1 is 1.30 bits per heavy atom. The standard InChI is InChI=1S/C13H19NO5S/c1-10(15)3-2-8-14-20(18,19)12-6-4-11(5-7-12)9-13(16)17/h4-7,10,14-15H,2-3,8-9H2,1H3,(H,16,17). The van der Waals surface area contributed by atoms with Crippen LogP contribution in [-0.4, -0.2) is 37.2 Å². The van der Waals surface area contributed by atoms with Crippen molar-refractivity contribution in [3.63, 3.8) is 0 Å². The first kappa shape index (κ1) is 16.6. The normalized spacial score (nSPS) is 13.1. The van der Waals surface area contributed by atoms with Gasteiger partial charge in [0.25, 0.3) is 0 Å². The maximum atomic E-state index is 11.9. The van der Waals surface area contributed by atoms with Crippen molar-refractivity contribution in [1.82, 2.24) is 4.72 Å². The van der Waals surface area contributed by atoms with Gasteiger partial charge in [-0.1, -0.05) is 12.1 Å². The molecule has 0 aliphatic carbocycles. The number of hydrogen-bond acceptors (Lipinski definition) is 4. The van der Waals surface area contributed by atoms with Crippen LogP contribution in [0.25, 0.3) is 0 Å². The van der Waals surface area contributed by atoms with Crippen molar-refractivity contribution in [3.8, 4) is 0 Å². The molecule has 6 nitrogen and oxygen atoms in total. The number of sulfonamides is 1. The zero-order valence-corrected chi connectivity index (χ0v) is 12.1. The predicted octanol–water partition coefficient (Wildman–Crippen LogP) is 0.753. The van der Waals surface area contributed by atoms with E-state index in [0.29, 0.717) is 18.4 Å². The molecule has 1 rings (SSSR count). The average Bonchev–Trinajstić information content (AvgIpc) is 2.34. The van der Waals surface area contributed by atoms with Crippen LogP contribution in [0, 0.1) is 0 Å². The van der Waals surface area contributed by atoms with Gasteiger partial charge in [0.1, 0.15) is 0 Å². The highest BCUT2D eigenvalue weighted by Crippen LogP contribution is 2.11.